The van der Waals surface area contributed by atoms with E-state index in [0.717, 1.165) is 16.7 Å². The topological polar surface area (TPSA) is 66.9 Å². The van der Waals surface area contributed by atoms with Crippen molar-refractivity contribution in [1.82, 2.24) is 0 Å². The summed E-state index contributed by atoms with van der Waals surface area (Å²) in [6, 6.07) is 14.6. The Balaban J connectivity index is 1.78. The minimum atomic E-state index is -4.16. The molecule has 5 heteroatoms. The lowest BCUT2D eigenvalue weighted by Gasteiger charge is -2.06. The minimum Gasteiger partial charge on any atom is -0.364 e. The Hall–Kier alpha value is -1.69. The summed E-state index contributed by atoms with van der Waals surface area (Å²) in [5.41, 5.74) is 3.00. The Bertz CT molecular complexity index is 753. The van der Waals surface area contributed by atoms with Crippen LogP contribution in [-0.4, -0.2) is 19.1 Å². The van der Waals surface area contributed by atoms with E-state index in [1.54, 1.807) is 6.07 Å². The number of hydrogen-bond acceptors (Lipinski definition) is 3. The molecule has 1 aliphatic rings. The van der Waals surface area contributed by atoms with Crippen molar-refractivity contribution < 1.29 is 17.7 Å². The number of rotatable bonds is 4. The summed E-state index contributed by atoms with van der Waals surface area (Å²) in [5, 5.41) is 0. The van der Waals surface area contributed by atoms with Crippen molar-refractivity contribution in [2.24, 2.45) is 0 Å². The van der Waals surface area contributed by atoms with Crippen molar-refractivity contribution in [3.05, 3.63) is 65.2 Å². The standard InChI is InChI=1S/C16H16O4S/c1-11-7-8-14(21(17,18)19)9-13(11)10-15-16(20-15)12-5-3-2-4-6-12/h2-9,15-16H,10H2,1H3,(H,17,18,19)/t15-,16-/m1/s1. The number of ether oxygens (including phenoxy) is 1. The first-order chi connectivity index (χ1) is 9.95. The molecule has 0 amide bonds. The van der Waals surface area contributed by atoms with Crippen LogP contribution < -0.4 is 0 Å². The van der Waals surface area contributed by atoms with Crippen molar-refractivity contribution in [3.8, 4) is 0 Å². The monoisotopic (exact) mass is 304 g/mol. The second-order valence-electron chi connectivity index (χ2n) is 5.27. The van der Waals surface area contributed by atoms with Crippen LogP contribution in [0, 0.1) is 6.92 Å². The van der Waals surface area contributed by atoms with Gasteiger partial charge in [0.05, 0.1) is 11.0 Å². The molecule has 0 radical (unpaired) electrons. The van der Waals surface area contributed by atoms with E-state index in [-0.39, 0.29) is 17.1 Å². The van der Waals surface area contributed by atoms with Gasteiger partial charge in [-0.1, -0.05) is 36.4 Å². The van der Waals surface area contributed by atoms with Gasteiger partial charge in [0, 0.05) is 6.42 Å². The van der Waals surface area contributed by atoms with Crippen molar-refractivity contribution in [2.45, 2.75) is 30.4 Å². The smallest absolute Gasteiger partial charge is 0.294 e. The van der Waals surface area contributed by atoms with Crippen LogP contribution in [0.25, 0.3) is 0 Å². The predicted molar refractivity (Wildman–Crippen MR) is 78.8 cm³/mol. The molecule has 2 atom stereocenters. The average molecular weight is 304 g/mol. The zero-order valence-corrected chi connectivity index (χ0v) is 12.4. The highest BCUT2D eigenvalue weighted by Crippen LogP contribution is 2.41. The van der Waals surface area contributed by atoms with Gasteiger partial charge in [-0.3, -0.25) is 4.55 Å². The summed E-state index contributed by atoms with van der Waals surface area (Å²) >= 11 is 0. The number of benzene rings is 2. The lowest BCUT2D eigenvalue weighted by molar-refractivity contribution is 0.372. The lowest BCUT2D eigenvalue weighted by atomic mass is 10.0. The Labute approximate surface area is 124 Å². The zero-order valence-electron chi connectivity index (χ0n) is 11.6. The molecule has 110 valence electrons. The third-order valence-corrected chi connectivity index (χ3v) is 4.60. The van der Waals surface area contributed by atoms with Crippen LogP contribution in [0.5, 0.6) is 0 Å². The molecule has 2 aromatic carbocycles. The molecule has 1 aliphatic heterocycles. The first-order valence-electron chi connectivity index (χ1n) is 6.72. The summed E-state index contributed by atoms with van der Waals surface area (Å²) in [7, 11) is -4.16. The van der Waals surface area contributed by atoms with Crippen LogP contribution in [0.3, 0.4) is 0 Å². The van der Waals surface area contributed by atoms with Crippen LogP contribution in [0.1, 0.15) is 22.8 Å². The summed E-state index contributed by atoms with van der Waals surface area (Å²) in [5.74, 6) is 0. The van der Waals surface area contributed by atoms with E-state index in [1.807, 2.05) is 37.3 Å². The Morgan fingerprint density at radius 1 is 1.14 bits per heavy atom. The molecule has 0 unspecified atom stereocenters. The second-order valence-corrected chi connectivity index (χ2v) is 6.69. The largest absolute Gasteiger partial charge is 0.364 e. The molecular weight excluding hydrogens is 288 g/mol. The molecule has 0 spiro atoms. The summed E-state index contributed by atoms with van der Waals surface area (Å²) in [6.45, 7) is 1.92. The lowest BCUT2D eigenvalue weighted by Crippen LogP contribution is -2.03. The van der Waals surface area contributed by atoms with E-state index < -0.39 is 10.1 Å². The Morgan fingerprint density at radius 3 is 2.52 bits per heavy atom. The molecule has 3 rings (SSSR count). The fourth-order valence-corrected chi connectivity index (χ4v) is 3.01. The van der Waals surface area contributed by atoms with Crippen molar-refractivity contribution in [2.75, 3.05) is 0 Å². The van der Waals surface area contributed by atoms with Gasteiger partial charge < -0.3 is 4.74 Å². The summed E-state index contributed by atoms with van der Waals surface area (Å²) in [4.78, 5) is -0.0694. The molecule has 0 aromatic heterocycles. The van der Waals surface area contributed by atoms with E-state index in [0.29, 0.717) is 6.42 Å². The molecule has 1 saturated heterocycles. The number of hydrogen-bond donors (Lipinski definition) is 1. The van der Waals surface area contributed by atoms with Crippen molar-refractivity contribution in [1.29, 1.82) is 0 Å². The fraction of sp³-hybridized carbons (Fsp3) is 0.250. The molecule has 2 aromatic rings. The van der Waals surface area contributed by atoms with Gasteiger partial charge in [0.15, 0.2) is 0 Å². The third kappa shape index (κ3) is 3.15. The Kier molecular flexibility index (Phi) is 3.57. The molecule has 0 saturated carbocycles. The van der Waals surface area contributed by atoms with E-state index in [4.69, 9.17) is 9.29 Å². The molecule has 1 N–H and O–H groups in total. The zero-order chi connectivity index (χ0) is 15.0. The van der Waals surface area contributed by atoms with E-state index in [9.17, 15) is 8.42 Å². The highest BCUT2D eigenvalue weighted by molar-refractivity contribution is 7.85. The molecule has 1 heterocycles. The van der Waals surface area contributed by atoms with E-state index in [2.05, 4.69) is 0 Å². The Morgan fingerprint density at radius 2 is 1.86 bits per heavy atom. The van der Waals surface area contributed by atoms with Crippen LogP contribution >= 0.6 is 0 Å². The van der Waals surface area contributed by atoms with Gasteiger partial charge in [-0.15, -0.1) is 0 Å². The number of epoxide rings is 1. The predicted octanol–water partition coefficient (Wildman–Crippen LogP) is 2.92. The first-order valence-corrected chi connectivity index (χ1v) is 8.16. The van der Waals surface area contributed by atoms with Crippen LogP contribution in [0.2, 0.25) is 0 Å². The molecule has 0 bridgehead atoms. The van der Waals surface area contributed by atoms with E-state index in [1.165, 1.54) is 12.1 Å². The normalized spacial score (nSPS) is 21.2. The van der Waals surface area contributed by atoms with Gasteiger partial charge in [0.1, 0.15) is 6.10 Å². The number of aryl methyl sites for hydroxylation is 1. The van der Waals surface area contributed by atoms with Crippen molar-refractivity contribution >= 4 is 10.1 Å². The SMILES string of the molecule is Cc1ccc(S(=O)(=O)O)cc1C[C@H]1O[C@@H]1c1ccccc1. The van der Waals surface area contributed by atoms with Gasteiger partial charge >= 0.3 is 0 Å². The average Bonchev–Trinajstić information content (AvgIpc) is 3.20. The summed E-state index contributed by atoms with van der Waals surface area (Å²) in [6.07, 6.45) is 0.761. The molecule has 21 heavy (non-hydrogen) atoms. The van der Waals surface area contributed by atoms with Crippen LogP contribution in [0.15, 0.2) is 53.4 Å². The maximum absolute atomic E-state index is 11.2. The third-order valence-electron chi connectivity index (χ3n) is 3.75. The first kappa shape index (κ1) is 14.3. The highest BCUT2D eigenvalue weighted by Gasteiger charge is 2.40. The second kappa shape index (κ2) is 5.26. The van der Waals surface area contributed by atoms with Gasteiger partial charge in [0.2, 0.25) is 0 Å². The van der Waals surface area contributed by atoms with Crippen LogP contribution in [0.4, 0.5) is 0 Å². The fourth-order valence-electron chi connectivity index (χ4n) is 2.48. The maximum atomic E-state index is 11.2. The van der Waals surface area contributed by atoms with Gasteiger partial charge in [-0.05, 0) is 35.7 Å². The van der Waals surface area contributed by atoms with Gasteiger partial charge in [-0.25, -0.2) is 0 Å². The highest BCUT2D eigenvalue weighted by atomic mass is 32.2. The maximum Gasteiger partial charge on any atom is 0.294 e. The van der Waals surface area contributed by atoms with E-state index >= 15 is 0 Å². The molecule has 4 nitrogen and oxygen atoms in total. The summed E-state index contributed by atoms with van der Waals surface area (Å²) < 4.78 is 37.2. The molecule has 0 aliphatic carbocycles. The molecular formula is C16H16O4S. The minimum absolute atomic E-state index is 0.0581. The van der Waals surface area contributed by atoms with Gasteiger partial charge in [-0.2, -0.15) is 8.42 Å². The molecule has 1 fully saturated rings. The quantitative estimate of drug-likeness (QED) is 0.696. The van der Waals surface area contributed by atoms with Crippen molar-refractivity contribution in [3.63, 3.8) is 0 Å². The van der Waals surface area contributed by atoms with Crippen LogP contribution in [-0.2, 0) is 21.3 Å². The van der Waals surface area contributed by atoms with Gasteiger partial charge in [0.25, 0.3) is 10.1 Å².